The van der Waals surface area contributed by atoms with Crippen molar-refractivity contribution >= 4 is 17.4 Å². The van der Waals surface area contributed by atoms with Gasteiger partial charge < -0.3 is 15.4 Å². The van der Waals surface area contributed by atoms with Crippen molar-refractivity contribution < 1.29 is 18.7 Å². The first-order valence-electron chi connectivity index (χ1n) is 13.8. The molecule has 6 nitrogen and oxygen atoms in total. The van der Waals surface area contributed by atoms with Crippen LogP contribution in [0.5, 0.6) is 0 Å². The Morgan fingerprint density at radius 1 is 1.08 bits per heavy atom. The van der Waals surface area contributed by atoms with Crippen molar-refractivity contribution in [3.63, 3.8) is 0 Å². The summed E-state index contributed by atoms with van der Waals surface area (Å²) in [5.41, 5.74) is 7.78. The van der Waals surface area contributed by atoms with E-state index in [1.807, 2.05) is 51.1 Å². The third-order valence-electron chi connectivity index (χ3n) is 6.81. The Morgan fingerprint density at radius 2 is 1.73 bits per heavy atom. The van der Waals surface area contributed by atoms with Crippen molar-refractivity contribution in [2.24, 2.45) is 10.7 Å². The third-order valence-corrected chi connectivity index (χ3v) is 6.81. The van der Waals surface area contributed by atoms with Gasteiger partial charge in [0.2, 0.25) is 0 Å². The molecule has 1 heterocycles. The van der Waals surface area contributed by atoms with Crippen LogP contribution in [-0.2, 0) is 20.0 Å². The summed E-state index contributed by atoms with van der Waals surface area (Å²) in [6.07, 6.45) is 6.70. The molecule has 0 spiro atoms. The number of unbranched alkanes of at least 4 members (excludes halogenated alkanes) is 1. The molecule has 1 aliphatic carbocycles. The highest BCUT2D eigenvalue weighted by Gasteiger charge is 2.31. The number of nitrogens with two attached hydrogens (primary N) is 1. The van der Waals surface area contributed by atoms with Crippen LogP contribution < -0.4 is 5.73 Å². The number of nitrogens with zero attached hydrogens (tertiary/aromatic N) is 2. The predicted octanol–water partition coefficient (Wildman–Crippen LogP) is 5.89. The summed E-state index contributed by atoms with van der Waals surface area (Å²) in [6, 6.07) is 9.60. The molecule has 3 unspecified atom stereocenters. The van der Waals surface area contributed by atoms with E-state index in [9.17, 15) is 14.0 Å². The number of morpholine rings is 1. The second-order valence-electron chi connectivity index (χ2n) is 10.4. The first kappa shape index (κ1) is 30.7. The number of aliphatic imine (C=N–C) groups is 1. The Balaban J connectivity index is 0.000000281. The number of carbonyl (C=O) groups is 2. The number of benzene rings is 1. The largest absolute Gasteiger partial charge is 0.394 e. The van der Waals surface area contributed by atoms with Crippen LogP contribution in [0.3, 0.4) is 0 Å². The molecule has 0 bridgehead atoms. The molecule has 206 valence electrons. The number of hydrogen-bond acceptors (Lipinski definition) is 5. The summed E-state index contributed by atoms with van der Waals surface area (Å²) in [6.45, 7) is 10.8. The summed E-state index contributed by atoms with van der Waals surface area (Å²) >= 11 is 0. The van der Waals surface area contributed by atoms with Gasteiger partial charge in [0.15, 0.2) is 5.78 Å². The van der Waals surface area contributed by atoms with Crippen LogP contribution in [-0.4, -0.2) is 54.1 Å². The van der Waals surface area contributed by atoms with Crippen molar-refractivity contribution in [3.8, 4) is 0 Å². The summed E-state index contributed by atoms with van der Waals surface area (Å²) in [5.74, 6) is -0.131. The Kier molecular flexibility index (Phi) is 12.4. The summed E-state index contributed by atoms with van der Waals surface area (Å²) < 4.78 is 20.4. The molecule has 0 radical (unpaired) electrons. The molecule has 2 fully saturated rings. The number of rotatable bonds is 9. The molecule has 1 saturated carbocycles. The number of Topliss-reactive ketones (excluding diaryl/α,β-unsaturated/α-hetero) is 1. The normalized spacial score (nSPS) is 23.7. The van der Waals surface area contributed by atoms with Gasteiger partial charge in [0.05, 0.1) is 18.8 Å². The first-order chi connectivity index (χ1) is 17.6. The van der Waals surface area contributed by atoms with E-state index in [0.717, 1.165) is 55.4 Å². The Bertz CT molecular complexity index is 937. The molecule has 7 heteroatoms. The molecule has 1 aliphatic heterocycles. The lowest BCUT2D eigenvalue weighted by Gasteiger charge is -2.35. The van der Waals surface area contributed by atoms with E-state index in [2.05, 4.69) is 11.9 Å². The van der Waals surface area contributed by atoms with Crippen molar-refractivity contribution in [2.75, 3.05) is 19.6 Å². The van der Waals surface area contributed by atoms with Crippen molar-refractivity contribution in [1.82, 2.24) is 4.90 Å². The zero-order valence-corrected chi connectivity index (χ0v) is 23.4. The minimum absolute atomic E-state index is 0.0134. The molecular weight excluding hydrogens is 469 g/mol. The van der Waals surface area contributed by atoms with Crippen molar-refractivity contribution in [2.45, 2.75) is 104 Å². The number of ketones is 1. The van der Waals surface area contributed by atoms with Crippen molar-refractivity contribution in [1.29, 1.82) is 0 Å². The maximum Gasteiger partial charge on any atom is 0.270 e. The smallest absolute Gasteiger partial charge is 0.270 e. The zero-order chi connectivity index (χ0) is 27.4. The number of halogens is 1. The number of amides is 1. The standard InChI is InChI=1S/C16H25N3O3.C14H21F/c1-10(20)7-18-14-6-4-5-13(14)15(17)16(21)19-8-11(2)22-12(3)9-19;1-3-5-12-14(15,11-4-2)13-9-7-6-8-10-13/h11-12H,4-9,17H2,1-3H3;6-10H,3-5,11-12H2,1-2H3/b15-13-,18-14?;. The van der Waals surface area contributed by atoms with E-state index < -0.39 is 5.67 Å². The third kappa shape index (κ3) is 9.37. The molecule has 2 aliphatic rings. The van der Waals surface area contributed by atoms with Gasteiger partial charge >= 0.3 is 0 Å². The highest BCUT2D eigenvalue weighted by atomic mass is 19.1. The molecule has 37 heavy (non-hydrogen) atoms. The van der Waals surface area contributed by atoms with Gasteiger partial charge in [-0.1, -0.05) is 63.4 Å². The van der Waals surface area contributed by atoms with Gasteiger partial charge in [-0.15, -0.1) is 0 Å². The van der Waals surface area contributed by atoms with Gasteiger partial charge in [0.25, 0.3) is 5.91 Å². The van der Waals surface area contributed by atoms with Gasteiger partial charge in [0, 0.05) is 24.4 Å². The van der Waals surface area contributed by atoms with Crippen LogP contribution in [0.25, 0.3) is 0 Å². The van der Waals surface area contributed by atoms with Crippen LogP contribution in [0.2, 0.25) is 0 Å². The number of alkyl halides is 1. The molecule has 3 atom stereocenters. The van der Waals surface area contributed by atoms with Gasteiger partial charge in [-0.25, -0.2) is 4.39 Å². The lowest BCUT2D eigenvalue weighted by molar-refractivity contribution is -0.139. The lowest BCUT2D eigenvalue weighted by Crippen LogP contribution is -2.49. The Morgan fingerprint density at radius 3 is 2.30 bits per heavy atom. The van der Waals surface area contributed by atoms with Crippen LogP contribution in [0.4, 0.5) is 4.39 Å². The first-order valence-corrected chi connectivity index (χ1v) is 13.8. The van der Waals surface area contributed by atoms with Crippen LogP contribution in [0, 0.1) is 0 Å². The summed E-state index contributed by atoms with van der Waals surface area (Å²) in [5, 5.41) is 0. The summed E-state index contributed by atoms with van der Waals surface area (Å²) in [7, 11) is 0. The van der Waals surface area contributed by atoms with E-state index in [1.165, 1.54) is 6.92 Å². The van der Waals surface area contributed by atoms with E-state index in [-0.39, 0.29) is 36.1 Å². The molecular formula is C30H46FN3O3. The van der Waals surface area contributed by atoms with Crippen LogP contribution >= 0.6 is 0 Å². The SMILES string of the molecule is CC(=O)CN=C1CCC/C1=C(/N)C(=O)N1CC(C)OC(C)C1.CCCCC(F)(CCC)c1ccccc1. The molecule has 1 aromatic carbocycles. The highest BCUT2D eigenvalue weighted by molar-refractivity contribution is 6.09. The number of carbonyl (C=O) groups excluding carboxylic acids is 2. The molecule has 1 aromatic rings. The maximum absolute atomic E-state index is 14.7. The Hall–Kier alpha value is -2.54. The fourth-order valence-electron chi connectivity index (χ4n) is 5.05. The minimum Gasteiger partial charge on any atom is -0.394 e. The van der Waals surface area contributed by atoms with Gasteiger partial charge in [-0.05, 0) is 58.4 Å². The van der Waals surface area contributed by atoms with Gasteiger partial charge in [-0.2, -0.15) is 0 Å². The van der Waals surface area contributed by atoms with Crippen molar-refractivity contribution in [3.05, 3.63) is 47.2 Å². The van der Waals surface area contributed by atoms with Gasteiger partial charge in [0.1, 0.15) is 11.4 Å². The van der Waals surface area contributed by atoms with E-state index in [4.69, 9.17) is 10.5 Å². The fraction of sp³-hybridized carbons (Fsp3) is 0.633. The predicted molar refractivity (Wildman–Crippen MR) is 148 cm³/mol. The average molecular weight is 516 g/mol. The fourth-order valence-corrected chi connectivity index (χ4v) is 5.05. The minimum atomic E-state index is -1.11. The molecule has 1 amide bonds. The number of hydrogen-bond donors (Lipinski definition) is 1. The molecule has 1 saturated heterocycles. The lowest BCUT2D eigenvalue weighted by atomic mass is 9.86. The second-order valence-corrected chi connectivity index (χ2v) is 10.4. The van der Waals surface area contributed by atoms with E-state index in [1.54, 1.807) is 4.90 Å². The summed E-state index contributed by atoms with van der Waals surface area (Å²) in [4.78, 5) is 29.8. The number of ether oxygens (including phenoxy) is 1. The van der Waals surface area contributed by atoms with E-state index in [0.29, 0.717) is 25.9 Å². The Labute approximate surface area is 222 Å². The van der Waals surface area contributed by atoms with Gasteiger partial charge in [-0.3, -0.25) is 14.6 Å². The quantitative estimate of drug-likeness (QED) is 0.416. The van der Waals surface area contributed by atoms with Crippen LogP contribution in [0.1, 0.15) is 91.5 Å². The van der Waals surface area contributed by atoms with Crippen LogP contribution in [0.15, 0.2) is 46.6 Å². The molecule has 2 N–H and O–H groups in total. The van der Waals surface area contributed by atoms with E-state index >= 15 is 0 Å². The second kappa shape index (κ2) is 15.0. The average Bonchev–Trinajstić information content (AvgIpc) is 3.34. The zero-order valence-electron chi connectivity index (χ0n) is 23.4. The highest BCUT2D eigenvalue weighted by Crippen LogP contribution is 2.36. The topological polar surface area (TPSA) is 85.0 Å². The molecule has 3 rings (SSSR count). The monoisotopic (exact) mass is 515 g/mol. The number of allylic oxidation sites excluding steroid dienone is 1. The maximum atomic E-state index is 14.7. The molecule has 0 aromatic heterocycles.